The molecule has 0 aliphatic rings. The van der Waals surface area contributed by atoms with Crippen molar-refractivity contribution >= 4 is 23.2 Å². The van der Waals surface area contributed by atoms with Crippen LogP contribution in [0.5, 0.6) is 0 Å². The molecule has 78 valence electrons. The summed E-state index contributed by atoms with van der Waals surface area (Å²) in [6, 6.07) is 5.34. The molecule has 0 aliphatic heterocycles. The molecule has 0 aromatic carbocycles. The van der Waals surface area contributed by atoms with Gasteiger partial charge in [0.05, 0.1) is 17.3 Å². The molecule has 0 spiro atoms. The SMILES string of the molecule is Cc1ccnn1Cc1nc(Cl)ccc1Cl. The summed E-state index contributed by atoms with van der Waals surface area (Å²) in [5.41, 5.74) is 1.80. The molecule has 2 heterocycles. The van der Waals surface area contributed by atoms with Gasteiger partial charge in [-0.25, -0.2) is 4.98 Å². The molecule has 0 saturated carbocycles. The van der Waals surface area contributed by atoms with E-state index in [0.717, 1.165) is 11.4 Å². The third-order valence-corrected chi connectivity index (χ3v) is 2.67. The maximum Gasteiger partial charge on any atom is 0.129 e. The zero-order valence-corrected chi connectivity index (χ0v) is 9.63. The van der Waals surface area contributed by atoms with E-state index in [2.05, 4.69) is 10.1 Å². The van der Waals surface area contributed by atoms with Gasteiger partial charge in [0.15, 0.2) is 0 Å². The van der Waals surface area contributed by atoms with Crippen molar-refractivity contribution < 1.29 is 0 Å². The third kappa shape index (κ3) is 2.30. The van der Waals surface area contributed by atoms with Gasteiger partial charge in [-0.05, 0) is 25.1 Å². The van der Waals surface area contributed by atoms with Gasteiger partial charge in [-0.1, -0.05) is 23.2 Å². The Bertz CT molecular complexity index is 479. The summed E-state index contributed by atoms with van der Waals surface area (Å²) in [5.74, 6) is 0. The van der Waals surface area contributed by atoms with E-state index in [9.17, 15) is 0 Å². The van der Waals surface area contributed by atoms with Crippen molar-refractivity contribution in [3.8, 4) is 0 Å². The number of pyridine rings is 1. The Labute approximate surface area is 97.7 Å². The fourth-order valence-electron chi connectivity index (χ4n) is 1.27. The molecule has 0 saturated heterocycles. The van der Waals surface area contributed by atoms with Crippen molar-refractivity contribution in [1.29, 1.82) is 0 Å². The van der Waals surface area contributed by atoms with E-state index in [0.29, 0.717) is 16.7 Å². The van der Waals surface area contributed by atoms with Gasteiger partial charge in [-0.3, -0.25) is 4.68 Å². The minimum Gasteiger partial charge on any atom is -0.264 e. The van der Waals surface area contributed by atoms with Crippen LogP contribution in [0.15, 0.2) is 24.4 Å². The molecular weight excluding hydrogens is 233 g/mol. The number of hydrogen-bond acceptors (Lipinski definition) is 2. The predicted molar refractivity (Wildman–Crippen MR) is 60.3 cm³/mol. The second-order valence-electron chi connectivity index (χ2n) is 3.19. The van der Waals surface area contributed by atoms with Crippen molar-refractivity contribution in [2.75, 3.05) is 0 Å². The summed E-state index contributed by atoms with van der Waals surface area (Å²) in [6.45, 7) is 2.52. The lowest BCUT2D eigenvalue weighted by atomic mass is 10.3. The lowest BCUT2D eigenvalue weighted by molar-refractivity contribution is 0.653. The molecule has 0 N–H and O–H groups in total. The predicted octanol–water partition coefficient (Wildman–Crippen LogP) is 2.94. The van der Waals surface area contributed by atoms with E-state index in [1.165, 1.54) is 0 Å². The van der Waals surface area contributed by atoms with Crippen LogP contribution in [-0.2, 0) is 6.54 Å². The number of aryl methyl sites for hydroxylation is 1. The molecule has 0 bridgehead atoms. The van der Waals surface area contributed by atoms with Crippen LogP contribution < -0.4 is 0 Å². The largest absolute Gasteiger partial charge is 0.264 e. The van der Waals surface area contributed by atoms with Crippen LogP contribution in [0.1, 0.15) is 11.4 Å². The van der Waals surface area contributed by atoms with Crippen molar-refractivity contribution in [3.05, 3.63) is 46.0 Å². The van der Waals surface area contributed by atoms with E-state index < -0.39 is 0 Å². The first-order valence-electron chi connectivity index (χ1n) is 4.46. The zero-order valence-electron chi connectivity index (χ0n) is 8.11. The molecule has 3 nitrogen and oxygen atoms in total. The number of rotatable bonds is 2. The Morgan fingerprint density at radius 3 is 2.73 bits per heavy atom. The fraction of sp³-hybridized carbons (Fsp3) is 0.200. The number of hydrogen-bond donors (Lipinski definition) is 0. The number of halogens is 2. The summed E-state index contributed by atoms with van der Waals surface area (Å²) in [6.07, 6.45) is 1.74. The second kappa shape index (κ2) is 4.21. The van der Waals surface area contributed by atoms with Gasteiger partial charge in [0, 0.05) is 11.9 Å². The second-order valence-corrected chi connectivity index (χ2v) is 3.99. The van der Waals surface area contributed by atoms with Crippen molar-refractivity contribution in [2.45, 2.75) is 13.5 Å². The zero-order chi connectivity index (χ0) is 10.8. The number of aromatic nitrogens is 3. The first-order chi connectivity index (χ1) is 7.16. The van der Waals surface area contributed by atoms with Crippen molar-refractivity contribution in [1.82, 2.24) is 14.8 Å². The maximum atomic E-state index is 6.00. The van der Waals surface area contributed by atoms with Crippen molar-refractivity contribution in [2.24, 2.45) is 0 Å². The minimum atomic E-state index is 0.444. The average molecular weight is 242 g/mol. The standard InChI is InChI=1S/C10H9Cl2N3/c1-7-4-5-13-15(7)6-9-8(11)2-3-10(12)14-9/h2-5H,6H2,1H3. The van der Waals surface area contributed by atoms with E-state index in [4.69, 9.17) is 23.2 Å². The van der Waals surface area contributed by atoms with Gasteiger partial charge in [-0.15, -0.1) is 0 Å². The molecule has 0 amide bonds. The quantitative estimate of drug-likeness (QED) is 0.758. The summed E-state index contributed by atoms with van der Waals surface area (Å²) in [4.78, 5) is 4.16. The van der Waals surface area contributed by atoms with Crippen LogP contribution in [0.4, 0.5) is 0 Å². The van der Waals surface area contributed by atoms with Crippen molar-refractivity contribution in [3.63, 3.8) is 0 Å². The van der Waals surface area contributed by atoms with Gasteiger partial charge >= 0.3 is 0 Å². The molecular formula is C10H9Cl2N3. The van der Waals surface area contributed by atoms with Crippen LogP contribution in [0.25, 0.3) is 0 Å². The van der Waals surface area contributed by atoms with E-state index in [1.54, 1.807) is 18.3 Å². The first-order valence-corrected chi connectivity index (χ1v) is 5.22. The Hall–Kier alpha value is -1.06. The first kappa shape index (κ1) is 10.5. The maximum absolute atomic E-state index is 6.00. The highest BCUT2D eigenvalue weighted by molar-refractivity contribution is 6.32. The van der Waals surface area contributed by atoms with Crippen LogP contribution in [0, 0.1) is 6.92 Å². The molecule has 0 aliphatic carbocycles. The highest BCUT2D eigenvalue weighted by atomic mass is 35.5. The van der Waals surface area contributed by atoms with Gasteiger partial charge in [-0.2, -0.15) is 5.10 Å². The Balaban J connectivity index is 2.32. The molecule has 0 unspecified atom stereocenters. The summed E-state index contributed by atoms with van der Waals surface area (Å²) < 4.78 is 1.82. The molecule has 2 aromatic heterocycles. The number of nitrogens with zero attached hydrogens (tertiary/aromatic N) is 3. The molecule has 2 rings (SSSR count). The van der Waals surface area contributed by atoms with Crippen LogP contribution in [0.2, 0.25) is 10.2 Å². The summed E-state index contributed by atoms with van der Waals surface area (Å²) >= 11 is 11.8. The van der Waals surface area contributed by atoms with E-state index >= 15 is 0 Å². The average Bonchev–Trinajstić information content (AvgIpc) is 2.58. The molecule has 0 atom stereocenters. The monoisotopic (exact) mass is 241 g/mol. The van der Waals surface area contributed by atoms with Crippen LogP contribution in [-0.4, -0.2) is 14.8 Å². The molecule has 0 fully saturated rings. The minimum absolute atomic E-state index is 0.444. The molecule has 5 heteroatoms. The fourth-order valence-corrected chi connectivity index (χ4v) is 1.60. The van der Waals surface area contributed by atoms with E-state index in [1.807, 2.05) is 17.7 Å². The summed E-state index contributed by atoms with van der Waals surface area (Å²) in [7, 11) is 0. The topological polar surface area (TPSA) is 30.7 Å². The van der Waals surface area contributed by atoms with Crippen LogP contribution >= 0.6 is 23.2 Å². The molecule has 2 aromatic rings. The normalized spacial score (nSPS) is 10.6. The molecule has 0 radical (unpaired) electrons. The van der Waals surface area contributed by atoms with Crippen LogP contribution in [0.3, 0.4) is 0 Å². The highest BCUT2D eigenvalue weighted by Gasteiger charge is 2.05. The van der Waals surface area contributed by atoms with Gasteiger partial charge < -0.3 is 0 Å². The Morgan fingerprint density at radius 1 is 1.27 bits per heavy atom. The third-order valence-electron chi connectivity index (χ3n) is 2.11. The van der Waals surface area contributed by atoms with Gasteiger partial charge in [0.1, 0.15) is 5.15 Å². The van der Waals surface area contributed by atoms with Gasteiger partial charge in [0.25, 0.3) is 0 Å². The van der Waals surface area contributed by atoms with Gasteiger partial charge in [0.2, 0.25) is 0 Å². The Kier molecular flexibility index (Phi) is 2.93. The Morgan fingerprint density at radius 2 is 2.07 bits per heavy atom. The molecule has 15 heavy (non-hydrogen) atoms. The van der Waals surface area contributed by atoms with E-state index in [-0.39, 0.29) is 0 Å². The lowest BCUT2D eigenvalue weighted by Crippen LogP contribution is -2.05. The highest BCUT2D eigenvalue weighted by Crippen LogP contribution is 2.17. The lowest BCUT2D eigenvalue weighted by Gasteiger charge is -2.05. The smallest absolute Gasteiger partial charge is 0.129 e. The summed E-state index contributed by atoms with van der Waals surface area (Å²) in [5, 5.41) is 5.21.